The Morgan fingerprint density at radius 3 is 2.05 bits per heavy atom. The zero-order valence-electron chi connectivity index (χ0n) is 15.3. The molecule has 2 heterocycles. The highest BCUT2D eigenvalue weighted by Crippen LogP contribution is 2.39. The summed E-state index contributed by atoms with van der Waals surface area (Å²) >= 11 is 0. The van der Waals surface area contributed by atoms with E-state index in [1.807, 2.05) is 0 Å². The van der Waals surface area contributed by atoms with Crippen LogP contribution < -0.4 is 5.32 Å². The van der Waals surface area contributed by atoms with Crippen LogP contribution in [0.5, 0.6) is 0 Å². The number of nitrogens with one attached hydrogen (secondary N) is 1. The van der Waals surface area contributed by atoms with E-state index < -0.39 is 5.60 Å². The molecule has 0 aromatic heterocycles. The smallest absolute Gasteiger partial charge is 0.400 e. The summed E-state index contributed by atoms with van der Waals surface area (Å²) in [5.74, 6) is 0. The van der Waals surface area contributed by atoms with E-state index in [-0.39, 0.29) is 18.3 Å². The fourth-order valence-electron chi connectivity index (χ4n) is 2.10. The van der Waals surface area contributed by atoms with Crippen LogP contribution in [-0.4, -0.2) is 41.8 Å². The molecule has 0 saturated carbocycles. The molecule has 0 radical (unpaired) electrons. The summed E-state index contributed by atoms with van der Waals surface area (Å²) in [6.07, 6.45) is 3.24. The summed E-state index contributed by atoms with van der Waals surface area (Å²) in [4.78, 5) is 3.94. The molecule has 6 heteroatoms. The van der Waals surface area contributed by atoms with Gasteiger partial charge < -0.3 is 14.6 Å². The van der Waals surface area contributed by atoms with Crippen LogP contribution in [-0.2, 0) is 14.2 Å². The van der Waals surface area contributed by atoms with Crippen molar-refractivity contribution < 1.29 is 19.5 Å². The first-order valence-electron chi connectivity index (χ1n) is 8.00. The number of rotatable bonds is 1. The Labute approximate surface area is 135 Å². The summed E-state index contributed by atoms with van der Waals surface area (Å²) in [7, 11) is -0.158. The van der Waals surface area contributed by atoms with Crippen molar-refractivity contribution in [3.63, 3.8) is 0 Å². The molecule has 2 N–H and O–H groups in total. The topological polar surface area (TPSA) is 60.0 Å². The zero-order valence-corrected chi connectivity index (χ0v) is 15.3. The van der Waals surface area contributed by atoms with E-state index in [2.05, 4.69) is 50.9 Å². The summed E-state index contributed by atoms with van der Waals surface area (Å²) in [6.45, 7) is 16.9. The third kappa shape index (κ3) is 5.35. The Bertz CT molecular complexity index is 385. The molecule has 1 fully saturated rings. The molecule has 0 amide bonds. The standard InChI is InChI=1S/C12H22BNO2.C4H10O2/c1-9-8-10(6-7-14-9)13-15-11(2,3)12(4,5)16-13;1-4(2,3)6-5/h8-9,14H,6-7H2,1-5H3;5H,1-3H3/t9-;/m1./s1. The molecule has 0 spiro atoms. The average molecular weight is 313 g/mol. The third-order valence-corrected chi connectivity index (χ3v) is 4.17. The molecule has 0 aliphatic carbocycles. The third-order valence-electron chi connectivity index (χ3n) is 4.17. The van der Waals surface area contributed by atoms with Gasteiger partial charge in [0.15, 0.2) is 0 Å². The van der Waals surface area contributed by atoms with E-state index in [4.69, 9.17) is 14.6 Å². The van der Waals surface area contributed by atoms with E-state index in [1.54, 1.807) is 20.8 Å². The van der Waals surface area contributed by atoms with Crippen molar-refractivity contribution in [1.82, 2.24) is 5.32 Å². The Balaban J connectivity index is 0.000000346. The Hall–Kier alpha value is -0.395. The largest absolute Gasteiger partial charge is 0.490 e. The van der Waals surface area contributed by atoms with Crippen LogP contribution in [0.25, 0.3) is 0 Å². The van der Waals surface area contributed by atoms with Crippen LogP contribution >= 0.6 is 0 Å². The summed E-state index contributed by atoms with van der Waals surface area (Å²) in [5.41, 5.74) is 0.420. The van der Waals surface area contributed by atoms with Crippen molar-refractivity contribution in [2.45, 2.75) is 84.7 Å². The van der Waals surface area contributed by atoms with Gasteiger partial charge in [-0.1, -0.05) is 6.08 Å². The maximum atomic E-state index is 7.90. The quantitative estimate of drug-likeness (QED) is 0.442. The molecule has 0 unspecified atom stereocenters. The highest BCUT2D eigenvalue weighted by molar-refractivity contribution is 6.54. The lowest BCUT2D eigenvalue weighted by molar-refractivity contribution is -0.306. The predicted molar refractivity (Wildman–Crippen MR) is 89.7 cm³/mol. The number of hydrogen-bond donors (Lipinski definition) is 2. The SMILES string of the molecule is CC(C)(C)OO.C[C@@H]1C=C(B2OC(C)(C)C(C)(C)O2)CCN1. The molecule has 5 nitrogen and oxygen atoms in total. The second-order valence-electron chi connectivity index (χ2n) is 8.03. The average Bonchev–Trinajstić information content (AvgIpc) is 2.58. The minimum absolute atomic E-state index is 0.158. The second kappa shape index (κ2) is 7.01. The molecule has 1 atom stereocenters. The molecule has 2 rings (SSSR count). The van der Waals surface area contributed by atoms with Crippen molar-refractivity contribution in [2.75, 3.05) is 6.54 Å². The van der Waals surface area contributed by atoms with E-state index in [0.29, 0.717) is 6.04 Å². The molecule has 2 aliphatic rings. The molecular weight excluding hydrogens is 281 g/mol. The van der Waals surface area contributed by atoms with Gasteiger partial charge in [0, 0.05) is 6.04 Å². The fourth-order valence-corrected chi connectivity index (χ4v) is 2.10. The first-order valence-corrected chi connectivity index (χ1v) is 8.00. The van der Waals surface area contributed by atoms with Gasteiger partial charge in [0.1, 0.15) is 0 Å². The lowest BCUT2D eigenvalue weighted by Crippen LogP contribution is -2.41. The Kier molecular flexibility index (Phi) is 6.26. The van der Waals surface area contributed by atoms with Crippen LogP contribution in [0, 0.1) is 0 Å². The highest BCUT2D eigenvalue weighted by atomic mass is 17.1. The van der Waals surface area contributed by atoms with Crippen molar-refractivity contribution in [1.29, 1.82) is 0 Å². The minimum Gasteiger partial charge on any atom is -0.400 e. The molecule has 128 valence electrons. The van der Waals surface area contributed by atoms with E-state index >= 15 is 0 Å². The van der Waals surface area contributed by atoms with Crippen LogP contribution in [0.1, 0.15) is 61.8 Å². The lowest BCUT2D eigenvalue weighted by atomic mass is 9.74. The zero-order chi connectivity index (χ0) is 17.2. The fraction of sp³-hybridized carbons (Fsp3) is 0.875. The predicted octanol–water partition coefficient (Wildman–Crippen LogP) is 3.20. The summed E-state index contributed by atoms with van der Waals surface area (Å²) < 4.78 is 12.1. The molecule has 0 aromatic rings. The van der Waals surface area contributed by atoms with E-state index in [9.17, 15) is 0 Å². The van der Waals surface area contributed by atoms with Crippen molar-refractivity contribution >= 4 is 7.12 Å². The molecular formula is C16H32BNO4. The molecule has 1 saturated heterocycles. The van der Waals surface area contributed by atoms with Gasteiger partial charge in [-0.25, -0.2) is 4.89 Å². The second-order valence-corrected chi connectivity index (χ2v) is 8.03. The van der Waals surface area contributed by atoms with Gasteiger partial charge >= 0.3 is 7.12 Å². The minimum atomic E-state index is -0.403. The van der Waals surface area contributed by atoms with Gasteiger partial charge in [-0.2, -0.15) is 0 Å². The van der Waals surface area contributed by atoms with Gasteiger partial charge in [-0.15, -0.1) is 0 Å². The molecule has 22 heavy (non-hydrogen) atoms. The molecule has 2 aliphatic heterocycles. The Morgan fingerprint density at radius 1 is 1.23 bits per heavy atom. The van der Waals surface area contributed by atoms with Gasteiger partial charge in [-0.3, -0.25) is 5.26 Å². The number of hydrogen-bond acceptors (Lipinski definition) is 5. The van der Waals surface area contributed by atoms with Gasteiger partial charge in [-0.05, 0) is 73.8 Å². The van der Waals surface area contributed by atoms with Crippen LogP contribution in [0.4, 0.5) is 0 Å². The highest BCUT2D eigenvalue weighted by Gasteiger charge is 2.52. The van der Waals surface area contributed by atoms with E-state index in [1.165, 1.54) is 5.47 Å². The lowest BCUT2D eigenvalue weighted by Gasteiger charge is -2.32. The van der Waals surface area contributed by atoms with Crippen LogP contribution in [0.2, 0.25) is 0 Å². The van der Waals surface area contributed by atoms with Crippen molar-refractivity contribution in [3.8, 4) is 0 Å². The van der Waals surface area contributed by atoms with Crippen molar-refractivity contribution in [3.05, 3.63) is 11.5 Å². The maximum absolute atomic E-state index is 7.90. The molecule has 0 aromatic carbocycles. The van der Waals surface area contributed by atoms with Gasteiger partial charge in [0.2, 0.25) is 0 Å². The molecule has 0 bridgehead atoms. The first kappa shape index (κ1) is 19.7. The summed E-state index contributed by atoms with van der Waals surface area (Å²) in [6, 6.07) is 0.419. The van der Waals surface area contributed by atoms with Gasteiger partial charge in [0.05, 0.1) is 16.8 Å². The van der Waals surface area contributed by atoms with E-state index in [0.717, 1.165) is 13.0 Å². The normalized spacial score (nSPS) is 27.0. The Morgan fingerprint density at radius 2 is 1.68 bits per heavy atom. The van der Waals surface area contributed by atoms with Crippen LogP contribution in [0.3, 0.4) is 0 Å². The first-order chi connectivity index (χ1) is 9.88. The van der Waals surface area contributed by atoms with Gasteiger partial charge in [0.25, 0.3) is 0 Å². The summed E-state index contributed by atoms with van der Waals surface area (Å²) in [5, 5.41) is 11.3. The van der Waals surface area contributed by atoms with Crippen molar-refractivity contribution in [2.24, 2.45) is 0 Å². The van der Waals surface area contributed by atoms with Crippen LogP contribution in [0.15, 0.2) is 11.5 Å². The maximum Gasteiger partial charge on any atom is 0.490 e. The monoisotopic (exact) mass is 313 g/mol.